The summed E-state index contributed by atoms with van der Waals surface area (Å²) in [5.41, 5.74) is 2.17. The van der Waals surface area contributed by atoms with Gasteiger partial charge in [-0.05, 0) is 83.3 Å². The van der Waals surface area contributed by atoms with Gasteiger partial charge in [-0.25, -0.2) is 15.0 Å². The minimum Gasteiger partial charge on any atom is -0.340 e. The van der Waals surface area contributed by atoms with Crippen molar-refractivity contribution >= 4 is 57.3 Å². The summed E-state index contributed by atoms with van der Waals surface area (Å²) in [6, 6.07) is 22.2. The number of halogens is 1. The molecule has 8 heteroatoms. The Balaban J connectivity index is 1.39. The fraction of sp³-hybridized carbons (Fsp3) is 0. The Morgan fingerprint density at radius 1 is 0.733 bits per heavy atom. The Morgan fingerprint density at radius 3 is 2.13 bits per heavy atom. The lowest BCUT2D eigenvalue weighted by Crippen LogP contribution is -2.11. The van der Waals surface area contributed by atoms with Crippen molar-refractivity contribution in [3.05, 3.63) is 94.5 Å². The van der Waals surface area contributed by atoms with E-state index in [2.05, 4.69) is 53.5 Å². The molecule has 2 heterocycles. The number of carbonyl (C=O) groups is 1. The van der Waals surface area contributed by atoms with Gasteiger partial charge in [0.25, 0.3) is 5.91 Å². The molecule has 7 nitrogen and oxygen atoms in total. The molecule has 4 rings (SSSR count). The van der Waals surface area contributed by atoms with Crippen LogP contribution in [-0.2, 0) is 0 Å². The summed E-state index contributed by atoms with van der Waals surface area (Å²) in [6.07, 6.45) is 3.19. The topological polar surface area (TPSA) is 91.8 Å². The van der Waals surface area contributed by atoms with E-state index in [4.69, 9.17) is 0 Å². The summed E-state index contributed by atoms with van der Waals surface area (Å²) in [7, 11) is 0. The largest absolute Gasteiger partial charge is 0.340 e. The van der Waals surface area contributed by atoms with E-state index in [1.807, 2.05) is 54.6 Å². The van der Waals surface area contributed by atoms with Crippen LogP contribution in [0.2, 0.25) is 0 Å². The van der Waals surface area contributed by atoms with Gasteiger partial charge in [0.05, 0.1) is 0 Å². The van der Waals surface area contributed by atoms with Crippen molar-refractivity contribution in [2.75, 3.05) is 16.0 Å². The van der Waals surface area contributed by atoms with Gasteiger partial charge in [-0.1, -0.05) is 6.07 Å². The number of pyridine rings is 1. The van der Waals surface area contributed by atoms with Crippen LogP contribution in [0.4, 0.5) is 28.8 Å². The van der Waals surface area contributed by atoms with Crippen LogP contribution in [0.3, 0.4) is 0 Å². The van der Waals surface area contributed by atoms with E-state index in [1.165, 1.54) is 6.33 Å². The third-order valence-corrected chi connectivity index (χ3v) is 4.83. The van der Waals surface area contributed by atoms with Crippen LogP contribution in [-0.4, -0.2) is 20.9 Å². The quantitative estimate of drug-likeness (QED) is 0.310. The highest BCUT2D eigenvalue weighted by atomic mass is 127. The third-order valence-electron chi connectivity index (χ3n) is 4.11. The Bertz CT molecular complexity index is 1130. The zero-order valence-electron chi connectivity index (χ0n) is 15.7. The first-order valence-electron chi connectivity index (χ1n) is 9.10. The number of carbonyl (C=O) groups excluding carboxylic acids is 1. The molecular weight excluding hydrogens is 491 g/mol. The van der Waals surface area contributed by atoms with E-state index in [0.717, 1.165) is 9.26 Å². The van der Waals surface area contributed by atoms with Crippen molar-refractivity contribution in [1.82, 2.24) is 15.0 Å². The monoisotopic (exact) mass is 508 g/mol. The maximum atomic E-state index is 12.3. The lowest BCUT2D eigenvalue weighted by atomic mass is 10.2. The van der Waals surface area contributed by atoms with Crippen LogP contribution in [0, 0.1) is 3.57 Å². The minimum absolute atomic E-state index is 0.145. The van der Waals surface area contributed by atoms with Gasteiger partial charge in [-0.3, -0.25) is 4.79 Å². The van der Waals surface area contributed by atoms with Crippen molar-refractivity contribution in [3.8, 4) is 0 Å². The summed E-state index contributed by atoms with van der Waals surface area (Å²) in [5.74, 6) is 1.83. The van der Waals surface area contributed by atoms with Gasteiger partial charge in [0.2, 0.25) is 0 Å². The molecule has 0 atom stereocenters. The fourth-order valence-electron chi connectivity index (χ4n) is 2.65. The number of aromatic nitrogens is 3. The molecule has 0 aliphatic rings. The first-order valence-corrected chi connectivity index (χ1v) is 10.2. The number of rotatable bonds is 6. The van der Waals surface area contributed by atoms with Crippen molar-refractivity contribution in [1.29, 1.82) is 0 Å². The Morgan fingerprint density at radius 2 is 1.43 bits per heavy atom. The summed E-state index contributed by atoms with van der Waals surface area (Å²) in [5, 5.41) is 9.25. The van der Waals surface area contributed by atoms with Gasteiger partial charge in [0.15, 0.2) is 0 Å². The average Bonchev–Trinajstić information content (AvgIpc) is 2.76. The molecule has 30 heavy (non-hydrogen) atoms. The number of anilines is 5. The highest BCUT2D eigenvalue weighted by Gasteiger charge is 2.06. The Hall–Kier alpha value is -3.53. The van der Waals surface area contributed by atoms with E-state index >= 15 is 0 Å². The van der Waals surface area contributed by atoms with Gasteiger partial charge in [-0.2, -0.15) is 0 Å². The standard InChI is InChI=1S/C22H17IN6O/c23-16-6-4-15(5-7-16)22(30)28-18-10-8-17(9-11-18)27-20-13-21(26-14-25-20)29-19-3-1-2-12-24-19/h1-14H,(H,28,30)(H2,24,25,26,27,29). The van der Waals surface area contributed by atoms with Crippen LogP contribution in [0.15, 0.2) is 85.3 Å². The molecule has 0 unspecified atom stereocenters. The van der Waals surface area contributed by atoms with Crippen LogP contribution < -0.4 is 16.0 Å². The lowest BCUT2D eigenvalue weighted by molar-refractivity contribution is 0.102. The van der Waals surface area contributed by atoms with E-state index in [0.29, 0.717) is 28.7 Å². The molecule has 0 aliphatic carbocycles. The zero-order valence-corrected chi connectivity index (χ0v) is 17.9. The first kappa shape index (κ1) is 19.8. The number of benzene rings is 2. The van der Waals surface area contributed by atoms with Gasteiger partial charge < -0.3 is 16.0 Å². The molecule has 0 saturated carbocycles. The molecule has 0 aliphatic heterocycles. The molecule has 0 fully saturated rings. The number of nitrogens with zero attached hydrogens (tertiary/aromatic N) is 3. The third kappa shape index (κ3) is 5.29. The molecule has 3 N–H and O–H groups in total. The number of amides is 1. The second-order valence-electron chi connectivity index (χ2n) is 6.29. The first-order chi connectivity index (χ1) is 14.7. The molecule has 148 valence electrons. The molecule has 2 aromatic carbocycles. The van der Waals surface area contributed by atoms with Gasteiger partial charge in [-0.15, -0.1) is 0 Å². The Kier molecular flexibility index (Phi) is 6.14. The molecule has 0 radical (unpaired) electrons. The lowest BCUT2D eigenvalue weighted by Gasteiger charge is -2.10. The van der Waals surface area contributed by atoms with Crippen LogP contribution in [0.5, 0.6) is 0 Å². The van der Waals surface area contributed by atoms with Crippen LogP contribution >= 0.6 is 22.6 Å². The number of nitrogens with one attached hydrogen (secondary N) is 3. The fourth-order valence-corrected chi connectivity index (χ4v) is 3.01. The van der Waals surface area contributed by atoms with Crippen molar-refractivity contribution in [2.24, 2.45) is 0 Å². The molecule has 1 amide bonds. The number of hydrogen-bond donors (Lipinski definition) is 3. The maximum Gasteiger partial charge on any atom is 0.255 e. The SMILES string of the molecule is O=C(Nc1ccc(Nc2cc(Nc3ccccn3)ncn2)cc1)c1ccc(I)cc1. The van der Waals surface area contributed by atoms with E-state index < -0.39 is 0 Å². The van der Waals surface area contributed by atoms with E-state index in [1.54, 1.807) is 24.4 Å². The van der Waals surface area contributed by atoms with Crippen molar-refractivity contribution < 1.29 is 4.79 Å². The molecule has 2 aromatic heterocycles. The van der Waals surface area contributed by atoms with Gasteiger partial charge in [0, 0.05) is 32.8 Å². The van der Waals surface area contributed by atoms with Crippen LogP contribution in [0.25, 0.3) is 0 Å². The molecule has 4 aromatic rings. The predicted molar refractivity (Wildman–Crippen MR) is 126 cm³/mol. The summed E-state index contributed by atoms with van der Waals surface area (Å²) < 4.78 is 1.09. The normalized spacial score (nSPS) is 10.3. The number of hydrogen-bond acceptors (Lipinski definition) is 6. The minimum atomic E-state index is -0.145. The maximum absolute atomic E-state index is 12.3. The van der Waals surface area contributed by atoms with Gasteiger partial charge >= 0.3 is 0 Å². The summed E-state index contributed by atoms with van der Waals surface area (Å²) in [4.78, 5) is 25.0. The van der Waals surface area contributed by atoms with Gasteiger partial charge in [0.1, 0.15) is 23.8 Å². The summed E-state index contributed by atoms with van der Waals surface area (Å²) in [6.45, 7) is 0. The van der Waals surface area contributed by atoms with Crippen LogP contribution in [0.1, 0.15) is 10.4 Å². The Labute approximate surface area is 187 Å². The van der Waals surface area contributed by atoms with Crippen molar-refractivity contribution in [2.45, 2.75) is 0 Å². The second kappa shape index (κ2) is 9.31. The highest BCUT2D eigenvalue weighted by Crippen LogP contribution is 2.20. The molecular formula is C22H17IN6O. The smallest absolute Gasteiger partial charge is 0.255 e. The highest BCUT2D eigenvalue weighted by molar-refractivity contribution is 14.1. The summed E-state index contributed by atoms with van der Waals surface area (Å²) >= 11 is 2.21. The molecule has 0 spiro atoms. The molecule has 0 saturated heterocycles. The second-order valence-corrected chi connectivity index (χ2v) is 7.54. The van der Waals surface area contributed by atoms with E-state index in [9.17, 15) is 4.79 Å². The van der Waals surface area contributed by atoms with E-state index in [-0.39, 0.29) is 5.91 Å². The zero-order chi connectivity index (χ0) is 20.8. The van der Waals surface area contributed by atoms with Crippen molar-refractivity contribution in [3.63, 3.8) is 0 Å². The average molecular weight is 508 g/mol. The molecule has 0 bridgehead atoms. The predicted octanol–water partition coefficient (Wildman–Crippen LogP) is 5.22.